The highest BCUT2D eigenvalue weighted by atomic mass is 32.2. The average Bonchev–Trinajstić information content (AvgIpc) is 2.70. The molecule has 0 saturated heterocycles. The van der Waals surface area contributed by atoms with Gasteiger partial charge in [-0.1, -0.05) is 50.2 Å². The Bertz CT molecular complexity index is 301. The number of unbranched alkanes of at least 4 members (excludes halogenated alkanes) is 2. The van der Waals surface area contributed by atoms with Gasteiger partial charge in [-0.15, -0.1) is 0 Å². The van der Waals surface area contributed by atoms with Gasteiger partial charge in [0.05, 0.1) is 0 Å². The highest BCUT2D eigenvalue weighted by Crippen LogP contribution is 2.36. The van der Waals surface area contributed by atoms with Crippen LogP contribution in [0.1, 0.15) is 50.7 Å². The molecular weight excluding hydrogens is 248 g/mol. The van der Waals surface area contributed by atoms with Crippen LogP contribution in [-0.2, 0) is 12.8 Å². The fraction of sp³-hybridized carbons (Fsp3) is 0.714. The lowest BCUT2D eigenvalue weighted by Gasteiger charge is -2.04. The van der Waals surface area contributed by atoms with Gasteiger partial charge in [-0.2, -0.15) is 0 Å². The number of rotatable bonds is 8. The predicted octanol–water partition coefficient (Wildman–Crippen LogP) is 5.41. The van der Waals surface area contributed by atoms with Crippen LogP contribution in [0.5, 0.6) is 0 Å². The molecule has 0 amide bonds. The molecule has 0 atom stereocenters. The second-order valence-corrected chi connectivity index (χ2v) is 5.81. The summed E-state index contributed by atoms with van der Waals surface area (Å²) in [5.74, 6) is 0. The zero-order chi connectivity index (χ0) is 12.7. The first-order valence-corrected chi connectivity index (χ1v) is 8.95. The summed E-state index contributed by atoms with van der Waals surface area (Å²) in [4.78, 5) is 0. The van der Waals surface area contributed by atoms with Crippen molar-refractivity contribution in [2.45, 2.75) is 62.6 Å². The maximum absolute atomic E-state index is 5.96. The standard InChI is InChI=1S/C14H24OS2/c1-5-7-9-11-12(10-8-6-2)14(17-4)15-13(11)16-3/h5-10H2,1-4H3. The molecule has 1 aromatic heterocycles. The average molecular weight is 272 g/mol. The third-order valence-electron chi connectivity index (χ3n) is 2.97. The monoisotopic (exact) mass is 272 g/mol. The molecule has 0 bridgehead atoms. The van der Waals surface area contributed by atoms with Gasteiger partial charge in [0.25, 0.3) is 0 Å². The van der Waals surface area contributed by atoms with Gasteiger partial charge in [0.1, 0.15) is 0 Å². The summed E-state index contributed by atoms with van der Waals surface area (Å²) >= 11 is 3.50. The van der Waals surface area contributed by atoms with Crippen LogP contribution in [0.15, 0.2) is 14.6 Å². The molecule has 0 unspecified atom stereocenters. The van der Waals surface area contributed by atoms with Gasteiger partial charge in [0.15, 0.2) is 10.2 Å². The topological polar surface area (TPSA) is 13.1 Å². The highest BCUT2D eigenvalue weighted by Gasteiger charge is 2.18. The van der Waals surface area contributed by atoms with Gasteiger partial charge in [0.2, 0.25) is 0 Å². The second kappa shape index (κ2) is 8.15. The number of hydrogen-bond acceptors (Lipinski definition) is 3. The third kappa shape index (κ3) is 3.99. The summed E-state index contributed by atoms with van der Waals surface area (Å²) in [5.41, 5.74) is 2.97. The summed E-state index contributed by atoms with van der Waals surface area (Å²) in [7, 11) is 0. The highest BCUT2D eigenvalue weighted by molar-refractivity contribution is 7.99. The first kappa shape index (κ1) is 15.0. The normalized spacial score (nSPS) is 11.1. The molecule has 17 heavy (non-hydrogen) atoms. The molecule has 0 fully saturated rings. The SMILES string of the molecule is CCCCc1c(SC)oc(SC)c1CCCC. The van der Waals surface area contributed by atoms with Crippen LogP contribution in [0.3, 0.4) is 0 Å². The predicted molar refractivity (Wildman–Crippen MR) is 79.5 cm³/mol. The molecule has 98 valence electrons. The molecule has 3 heteroatoms. The van der Waals surface area contributed by atoms with E-state index in [0.29, 0.717) is 0 Å². The smallest absolute Gasteiger partial charge is 0.164 e. The Morgan fingerprint density at radius 3 is 1.53 bits per heavy atom. The molecular formula is C14H24OS2. The summed E-state index contributed by atoms with van der Waals surface area (Å²) in [6.45, 7) is 4.50. The number of furan rings is 1. The van der Waals surface area contributed by atoms with Crippen LogP contribution >= 0.6 is 23.5 Å². The van der Waals surface area contributed by atoms with Crippen molar-refractivity contribution in [3.05, 3.63) is 11.1 Å². The Kier molecular flexibility index (Phi) is 7.21. The van der Waals surface area contributed by atoms with Crippen molar-refractivity contribution in [1.82, 2.24) is 0 Å². The van der Waals surface area contributed by atoms with Crippen molar-refractivity contribution in [2.24, 2.45) is 0 Å². The van der Waals surface area contributed by atoms with Gasteiger partial charge in [0, 0.05) is 11.1 Å². The molecule has 0 spiro atoms. The molecule has 1 rings (SSSR count). The molecule has 0 aliphatic heterocycles. The van der Waals surface area contributed by atoms with Crippen LogP contribution in [0, 0.1) is 0 Å². The van der Waals surface area contributed by atoms with Gasteiger partial charge in [-0.05, 0) is 38.2 Å². The van der Waals surface area contributed by atoms with Gasteiger partial charge >= 0.3 is 0 Å². The first-order chi connectivity index (χ1) is 8.28. The van der Waals surface area contributed by atoms with Crippen molar-refractivity contribution in [2.75, 3.05) is 12.5 Å². The van der Waals surface area contributed by atoms with Crippen molar-refractivity contribution in [3.63, 3.8) is 0 Å². The van der Waals surface area contributed by atoms with Crippen LogP contribution in [0.4, 0.5) is 0 Å². The summed E-state index contributed by atoms with van der Waals surface area (Å²) in [6, 6.07) is 0. The van der Waals surface area contributed by atoms with Crippen molar-refractivity contribution in [3.8, 4) is 0 Å². The van der Waals surface area contributed by atoms with Crippen LogP contribution in [-0.4, -0.2) is 12.5 Å². The summed E-state index contributed by atoms with van der Waals surface area (Å²) in [6.07, 6.45) is 11.6. The Morgan fingerprint density at radius 1 is 0.824 bits per heavy atom. The minimum Gasteiger partial charge on any atom is -0.443 e. The van der Waals surface area contributed by atoms with E-state index in [2.05, 4.69) is 26.4 Å². The maximum Gasteiger partial charge on any atom is 0.164 e. The Morgan fingerprint density at radius 2 is 1.24 bits per heavy atom. The van der Waals surface area contributed by atoms with Crippen molar-refractivity contribution < 1.29 is 4.42 Å². The van der Waals surface area contributed by atoms with E-state index in [1.165, 1.54) is 49.7 Å². The molecule has 0 aliphatic carbocycles. The number of hydrogen-bond donors (Lipinski definition) is 0. The zero-order valence-electron chi connectivity index (χ0n) is 11.5. The maximum atomic E-state index is 5.96. The van der Waals surface area contributed by atoms with Crippen LogP contribution < -0.4 is 0 Å². The lowest BCUT2D eigenvalue weighted by molar-refractivity contribution is 0.390. The van der Waals surface area contributed by atoms with Crippen LogP contribution in [0.25, 0.3) is 0 Å². The lowest BCUT2D eigenvalue weighted by Crippen LogP contribution is -1.93. The fourth-order valence-electron chi connectivity index (χ4n) is 2.00. The molecule has 0 radical (unpaired) electrons. The molecule has 1 aromatic rings. The van der Waals surface area contributed by atoms with Crippen LogP contribution in [0.2, 0.25) is 0 Å². The molecule has 0 aromatic carbocycles. The second-order valence-electron chi connectivity index (χ2n) is 4.25. The van der Waals surface area contributed by atoms with E-state index in [9.17, 15) is 0 Å². The molecule has 0 aliphatic rings. The lowest BCUT2D eigenvalue weighted by atomic mass is 10.0. The van der Waals surface area contributed by atoms with Gasteiger partial charge < -0.3 is 4.42 Å². The van der Waals surface area contributed by atoms with Gasteiger partial charge in [-0.3, -0.25) is 0 Å². The Labute approximate surface area is 114 Å². The van der Waals surface area contributed by atoms with E-state index >= 15 is 0 Å². The fourth-order valence-corrected chi connectivity index (χ4v) is 3.33. The van der Waals surface area contributed by atoms with Crippen molar-refractivity contribution in [1.29, 1.82) is 0 Å². The number of thioether (sulfide) groups is 2. The minimum absolute atomic E-state index is 1.15. The van der Waals surface area contributed by atoms with Crippen molar-refractivity contribution >= 4 is 23.5 Å². The Hall–Kier alpha value is -0.0200. The molecule has 1 nitrogen and oxygen atoms in total. The molecule has 1 heterocycles. The van der Waals surface area contributed by atoms with E-state index in [-0.39, 0.29) is 0 Å². The van der Waals surface area contributed by atoms with E-state index in [0.717, 1.165) is 10.2 Å². The zero-order valence-corrected chi connectivity index (χ0v) is 13.1. The van der Waals surface area contributed by atoms with E-state index in [4.69, 9.17) is 4.42 Å². The summed E-state index contributed by atoms with van der Waals surface area (Å²) in [5, 5.41) is 2.29. The van der Waals surface area contributed by atoms with E-state index in [1.807, 2.05) is 0 Å². The molecule has 0 saturated carbocycles. The third-order valence-corrected chi connectivity index (χ3v) is 4.37. The summed E-state index contributed by atoms with van der Waals surface area (Å²) < 4.78 is 5.96. The van der Waals surface area contributed by atoms with E-state index < -0.39 is 0 Å². The van der Waals surface area contributed by atoms with E-state index in [1.54, 1.807) is 23.5 Å². The molecule has 0 N–H and O–H groups in total. The first-order valence-electron chi connectivity index (χ1n) is 6.50. The Balaban J connectivity index is 2.96. The quantitative estimate of drug-likeness (QED) is 0.587. The van der Waals surface area contributed by atoms with Gasteiger partial charge in [-0.25, -0.2) is 0 Å². The minimum atomic E-state index is 1.15. The largest absolute Gasteiger partial charge is 0.443 e.